The van der Waals surface area contributed by atoms with E-state index in [1.807, 2.05) is 20.0 Å². The van der Waals surface area contributed by atoms with Crippen molar-refractivity contribution in [1.29, 1.82) is 0 Å². The van der Waals surface area contributed by atoms with E-state index in [2.05, 4.69) is 58.3 Å². The van der Waals surface area contributed by atoms with Gasteiger partial charge in [0.2, 0.25) is 0 Å². The predicted octanol–water partition coefficient (Wildman–Crippen LogP) is 2.98. The molecule has 152 valence electrons. The van der Waals surface area contributed by atoms with E-state index < -0.39 is 0 Å². The van der Waals surface area contributed by atoms with E-state index >= 15 is 0 Å². The number of halogens is 1. The number of likely N-dealkylation sites (tertiary alicyclic amines) is 1. The highest BCUT2D eigenvalue weighted by Gasteiger charge is 2.27. The standard InChI is InChI=1S/C20H32N4O2.HI/c1-5-26-19(25)17-11-13-24(14-12-17)20(21-3)22-15-16(2)23(4)18-9-7-6-8-10-18;/h6-10,16-17H,5,11-15H2,1-4H3,(H,21,22);1H. The Hall–Kier alpha value is -1.51. The lowest BCUT2D eigenvalue weighted by Crippen LogP contribution is -2.49. The molecule has 1 aromatic rings. The molecule has 1 fully saturated rings. The van der Waals surface area contributed by atoms with E-state index in [0.717, 1.165) is 38.4 Å². The molecule has 1 aliphatic heterocycles. The smallest absolute Gasteiger partial charge is 0.309 e. The Bertz CT molecular complexity index is 589. The highest BCUT2D eigenvalue weighted by Crippen LogP contribution is 2.19. The van der Waals surface area contributed by atoms with Crippen LogP contribution in [-0.2, 0) is 9.53 Å². The molecule has 0 aliphatic carbocycles. The third-order valence-electron chi connectivity index (χ3n) is 5.01. The number of benzene rings is 1. The molecule has 1 N–H and O–H groups in total. The number of guanidine groups is 1. The minimum Gasteiger partial charge on any atom is -0.466 e. The lowest BCUT2D eigenvalue weighted by molar-refractivity contribution is -0.149. The Labute approximate surface area is 180 Å². The number of nitrogens with one attached hydrogen (secondary N) is 1. The molecule has 0 spiro atoms. The zero-order chi connectivity index (χ0) is 18.9. The molecule has 0 amide bonds. The van der Waals surface area contributed by atoms with Gasteiger partial charge in [-0.2, -0.15) is 0 Å². The Morgan fingerprint density at radius 3 is 2.52 bits per heavy atom. The molecule has 1 aliphatic rings. The van der Waals surface area contributed by atoms with Crippen LogP contribution < -0.4 is 10.2 Å². The van der Waals surface area contributed by atoms with Crippen molar-refractivity contribution in [2.75, 3.05) is 45.2 Å². The number of ether oxygens (including phenoxy) is 1. The van der Waals surface area contributed by atoms with Gasteiger partial charge in [0.05, 0.1) is 12.5 Å². The first kappa shape index (κ1) is 23.5. The number of aliphatic imine (C=N–C) groups is 1. The quantitative estimate of drug-likeness (QED) is 0.289. The van der Waals surface area contributed by atoms with Crippen molar-refractivity contribution in [2.45, 2.75) is 32.7 Å². The summed E-state index contributed by atoms with van der Waals surface area (Å²) in [5.41, 5.74) is 1.20. The summed E-state index contributed by atoms with van der Waals surface area (Å²) in [6, 6.07) is 10.7. The second-order valence-electron chi connectivity index (χ2n) is 6.74. The van der Waals surface area contributed by atoms with Crippen molar-refractivity contribution in [3.63, 3.8) is 0 Å². The second-order valence-corrected chi connectivity index (χ2v) is 6.74. The van der Waals surface area contributed by atoms with Gasteiger partial charge in [-0.1, -0.05) is 18.2 Å². The van der Waals surface area contributed by atoms with Gasteiger partial charge in [0, 0.05) is 45.5 Å². The molecule has 1 atom stereocenters. The fourth-order valence-corrected chi connectivity index (χ4v) is 3.21. The third-order valence-corrected chi connectivity index (χ3v) is 5.01. The number of carbonyl (C=O) groups is 1. The van der Waals surface area contributed by atoms with Gasteiger partial charge in [-0.05, 0) is 38.8 Å². The van der Waals surface area contributed by atoms with Crippen LogP contribution in [0.5, 0.6) is 0 Å². The highest BCUT2D eigenvalue weighted by molar-refractivity contribution is 14.0. The fraction of sp³-hybridized carbons (Fsp3) is 0.600. The molecule has 1 saturated heterocycles. The second kappa shape index (κ2) is 12.0. The zero-order valence-electron chi connectivity index (χ0n) is 16.9. The first-order valence-electron chi connectivity index (χ1n) is 9.46. The van der Waals surface area contributed by atoms with Crippen LogP contribution in [0.3, 0.4) is 0 Å². The number of anilines is 1. The number of nitrogens with zero attached hydrogens (tertiary/aromatic N) is 3. The average molecular weight is 488 g/mol. The van der Waals surface area contributed by atoms with Crippen LogP contribution in [0, 0.1) is 5.92 Å². The summed E-state index contributed by atoms with van der Waals surface area (Å²) in [4.78, 5) is 20.8. The lowest BCUT2D eigenvalue weighted by Gasteiger charge is -2.34. The Balaban J connectivity index is 0.00000364. The topological polar surface area (TPSA) is 57.2 Å². The molecule has 1 aromatic carbocycles. The van der Waals surface area contributed by atoms with Crippen molar-refractivity contribution >= 4 is 41.6 Å². The van der Waals surface area contributed by atoms with Crippen molar-refractivity contribution < 1.29 is 9.53 Å². The number of piperidine rings is 1. The van der Waals surface area contributed by atoms with Crippen molar-refractivity contribution in [3.05, 3.63) is 30.3 Å². The summed E-state index contributed by atoms with van der Waals surface area (Å²) in [5.74, 6) is 0.862. The SMILES string of the molecule is CCOC(=O)C1CCN(C(=NC)NCC(C)N(C)c2ccccc2)CC1.I. The molecule has 6 nitrogen and oxygen atoms in total. The van der Waals surface area contributed by atoms with Crippen LogP contribution in [-0.4, -0.2) is 63.2 Å². The van der Waals surface area contributed by atoms with E-state index in [1.165, 1.54) is 5.69 Å². The Kier molecular flexibility index (Phi) is 10.5. The molecule has 0 bridgehead atoms. The number of hydrogen-bond acceptors (Lipinski definition) is 4. The normalized spacial score (nSPS) is 16.3. The monoisotopic (exact) mass is 488 g/mol. The van der Waals surface area contributed by atoms with E-state index in [9.17, 15) is 4.79 Å². The number of likely N-dealkylation sites (N-methyl/N-ethyl adjacent to an activating group) is 1. The maximum Gasteiger partial charge on any atom is 0.309 e. The molecule has 7 heteroatoms. The highest BCUT2D eigenvalue weighted by atomic mass is 127. The van der Waals surface area contributed by atoms with E-state index in [1.54, 1.807) is 0 Å². The number of hydrogen-bond donors (Lipinski definition) is 1. The van der Waals surface area contributed by atoms with Gasteiger partial charge in [0.1, 0.15) is 0 Å². The van der Waals surface area contributed by atoms with Crippen molar-refractivity contribution in [2.24, 2.45) is 10.9 Å². The van der Waals surface area contributed by atoms with Crippen LogP contribution in [0.1, 0.15) is 26.7 Å². The molecular formula is C20H33IN4O2. The number of esters is 1. The number of para-hydroxylation sites is 1. The minimum atomic E-state index is -0.0618. The first-order chi connectivity index (χ1) is 12.6. The summed E-state index contributed by atoms with van der Waals surface area (Å²) >= 11 is 0. The van der Waals surface area contributed by atoms with Crippen molar-refractivity contribution in [1.82, 2.24) is 10.2 Å². The van der Waals surface area contributed by atoms with Gasteiger partial charge in [-0.3, -0.25) is 9.79 Å². The maximum atomic E-state index is 11.9. The summed E-state index contributed by atoms with van der Waals surface area (Å²) < 4.78 is 5.14. The largest absolute Gasteiger partial charge is 0.466 e. The van der Waals surface area contributed by atoms with E-state index in [0.29, 0.717) is 12.6 Å². The van der Waals surface area contributed by atoms with Gasteiger partial charge >= 0.3 is 5.97 Å². The Morgan fingerprint density at radius 1 is 1.33 bits per heavy atom. The van der Waals surface area contributed by atoms with E-state index in [-0.39, 0.29) is 35.9 Å². The summed E-state index contributed by atoms with van der Waals surface area (Å²) in [7, 11) is 3.92. The molecule has 0 aromatic heterocycles. The predicted molar refractivity (Wildman–Crippen MR) is 122 cm³/mol. The molecule has 2 rings (SSSR count). The lowest BCUT2D eigenvalue weighted by atomic mass is 9.97. The van der Waals surface area contributed by atoms with Gasteiger partial charge in [-0.25, -0.2) is 0 Å². The van der Waals surface area contributed by atoms with Crippen molar-refractivity contribution in [3.8, 4) is 0 Å². The third kappa shape index (κ3) is 6.86. The van der Waals surface area contributed by atoms with Gasteiger partial charge in [0.25, 0.3) is 0 Å². The van der Waals surface area contributed by atoms with Crippen LogP contribution >= 0.6 is 24.0 Å². The molecular weight excluding hydrogens is 455 g/mol. The Morgan fingerprint density at radius 2 is 1.96 bits per heavy atom. The zero-order valence-corrected chi connectivity index (χ0v) is 19.2. The number of carbonyl (C=O) groups excluding carboxylic acids is 1. The first-order valence-corrected chi connectivity index (χ1v) is 9.46. The van der Waals surface area contributed by atoms with Gasteiger partial charge in [-0.15, -0.1) is 24.0 Å². The molecule has 27 heavy (non-hydrogen) atoms. The van der Waals surface area contributed by atoms with Crippen LogP contribution in [0.15, 0.2) is 35.3 Å². The van der Waals surface area contributed by atoms with E-state index in [4.69, 9.17) is 4.74 Å². The average Bonchev–Trinajstić information content (AvgIpc) is 2.69. The fourth-order valence-electron chi connectivity index (χ4n) is 3.21. The van der Waals surface area contributed by atoms with Gasteiger partial charge < -0.3 is 19.9 Å². The van der Waals surface area contributed by atoms with Crippen LogP contribution in [0.4, 0.5) is 5.69 Å². The maximum absolute atomic E-state index is 11.9. The molecule has 0 radical (unpaired) electrons. The van der Waals surface area contributed by atoms with Crippen LogP contribution in [0.25, 0.3) is 0 Å². The summed E-state index contributed by atoms with van der Waals surface area (Å²) in [6.07, 6.45) is 1.64. The van der Waals surface area contributed by atoms with Gasteiger partial charge in [0.15, 0.2) is 5.96 Å². The molecule has 0 saturated carbocycles. The summed E-state index contributed by atoms with van der Waals surface area (Å²) in [6.45, 7) is 6.95. The minimum absolute atomic E-state index is 0. The molecule has 1 unspecified atom stereocenters. The van der Waals surface area contributed by atoms with Crippen LogP contribution in [0.2, 0.25) is 0 Å². The molecule has 1 heterocycles. The number of rotatable bonds is 6. The summed E-state index contributed by atoms with van der Waals surface area (Å²) in [5, 5.41) is 3.48.